The number of aryl methyl sites for hydroxylation is 1. The van der Waals surface area contributed by atoms with Gasteiger partial charge in [0.1, 0.15) is 5.82 Å². The number of nitrogens with zero attached hydrogens (tertiary/aromatic N) is 1. The lowest BCUT2D eigenvalue weighted by Crippen LogP contribution is -2.27. The number of para-hydroxylation sites is 1. The van der Waals surface area contributed by atoms with Crippen molar-refractivity contribution in [2.45, 2.75) is 25.8 Å². The monoisotopic (exact) mass is 396 g/mol. The number of amides is 1. The third kappa shape index (κ3) is 4.29. The van der Waals surface area contributed by atoms with Gasteiger partial charge in [0.15, 0.2) is 0 Å². The summed E-state index contributed by atoms with van der Waals surface area (Å²) in [5, 5.41) is 4.03. The van der Waals surface area contributed by atoms with Gasteiger partial charge in [-0.15, -0.1) is 11.3 Å². The predicted molar refractivity (Wildman–Crippen MR) is 101 cm³/mol. The molecule has 25 heavy (non-hydrogen) atoms. The summed E-state index contributed by atoms with van der Waals surface area (Å²) in [5.74, 6) is -0.699. The highest BCUT2D eigenvalue weighted by Gasteiger charge is 2.16. The summed E-state index contributed by atoms with van der Waals surface area (Å²) in [6.07, 6.45) is 0.860. The normalized spacial score (nSPS) is 12.3. The number of benzene rings is 2. The van der Waals surface area contributed by atoms with Crippen molar-refractivity contribution in [3.05, 3.63) is 62.8 Å². The standard InChI is InChI=1S/C18H15Cl2FN2OS/c1-10(11-8-14(21)13(20)9-12(11)19)22-17(24)6-7-18-23-15-4-2-3-5-16(15)25-18/h2-5,8-10H,6-7H2,1H3,(H,22,24)/t10-/m1/s1. The van der Waals surface area contributed by atoms with E-state index in [4.69, 9.17) is 23.2 Å². The van der Waals surface area contributed by atoms with Gasteiger partial charge >= 0.3 is 0 Å². The van der Waals surface area contributed by atoms with Gasteiger partial charge < -0.3 is 5.32 Å². The van der Waals surface area contributed by atoms with Crippen molar-refractivity contribution in [2.24, 2.45) is 0 Å². The van der Waals surface area contributed by atoms with E-state index < -0.39 is 11.9 Å². The molecule has 7 heteroatoms. The van der Waals surface area contributed by atoms with Crippen molar-refractivity contribution in [2.75, 3.05) is 0 Å². The molecule has 1 atom stereocenters. The molecule has 1 N–H and O–H groups in total. The van der Waals surface area contributed by atoms with Gasteiger partial charge in [-0.3, -0.25) is 4.79 Å². The molecule has 1 heterocycles. The fraction of sp³-hybridized carbons (Fsp3) is 0.222. The van der Waals surface area contributed by atoms with E-state index in [0.717, 1.165) is 15.2 Å². The lowest BCUT2D eigenvalue weighted by molar-refractivity contribution is -0.121. The summed E-state index contributed by atoms with van der Waals surface area (Å²) in [7, 11) is 0. The Morgan fingerprint density at radius 3 is 2.80 bits per heavy atom. The molecule has 0 unspecified atom stereocenters. The Labute approximate surface area is 158 Å². The van der Waals surface area contributed by atoms with Crippen LogP contribution in [-0.4, -0.2) is 10.9 Å². The van der Waals surface area contributed by atoms with Gasteiger partial charge in [0.25, 0.3) is 0 Å². The molecule has 0 saturated heterocycles. The van der Waals surface area contributed by atoms with Crippen molar-refractivity contribution < 1.29 is 9.18 Å². The van der Waals surface area contributed by atoms with E-state index >= 15 is 0 Å². The third-order valence-corrected chi connectivity index (χ3v) is 5.50. The molecule has 1 amide bonds. The van der Waals surface area contributed by atoms with Crippen LogP contribution in [0.5, 0.6) is 0 Å². The van der Waals surface area contributed by atoms with E-state index in [1.54, 1.807) is 18.3 Å². The first-order chi connectivity index (χ1) is 11.9. The van der Waals surface area contributed by atoms with Crippen molar-refractivity contribution >= 4 is 50.7 Å². The molecule has 0 radical (unpaired) electrons. The first-order valence-corrected chi connectivity index (χ1v) is 9.29. The summed E-state index contributed by atoms with van der Waals surface area (Å²) in [4.78, 5) is 16.7. The van der Waals surface area contributed by atoms with Crippen LogP contribution in [0.1, 0.15) is 30.0 Å². The van der Waals surface area contributed by atoms with Crippen LogP contribution >= 0.6 is 34.5 Å². The molecule has 130 valence electrons. The van der Waals surface area contributed by atoms with E-state index in [1.165, 1.54) is 12.1 Å². The maximum absolute atomic E-state index is 13.6. The minimum absolute atomic E-state index is 0.0388. The minimum Gasteiger partial charge on any atom is -0.350 e. The van der Waals surface area contributed by atoms with E-state index in [0.29, 0.717) is 23.4 Å². The SMILES string of the molecule is C[C@@H](NC(=O)CCc1nc2ccccc2s1)c1cc(F)c(Cl)cc1Cl. The summed E-state index contributed by atoms with van der Waals surface area (Å²) < 4.78 is 14.7. The molecule has 0 aliphatic carbocycles. The highest BCUT2D eigenvalue weighted by molar-refractivity contribution is 7.18. The summed E-state index contributed by atoms with van der Waals surface area (Å²) in [5.41, 5.74) is 1.44. The van der Waals surface area contributed by atoms with Gasteiger partial charge in [0.05, 0.1) is 26.3 Å². The maximum atomic E-state index is 13.6. The molecule has 0 spiro atoms. The summed E-state index contributed by atoms with van der Waals surface area (Å²) in [6.45, 7) is 1.75. The largest absolute Gasteiger partial charge is 0.350 e. The number of carbonyl (C=O) groups is 1. The fourth-order valence-electron chi connectivity index (χ4n) is 2.51. The minimum atomic E-state index is -0.559. The van der Waals surface area contributed by atoms with Crippen LogP contribution in [-0.2, 0) is 11.2 Å². The highest BCUT2D eigenvalue weighted by atomic mass is 35.5. The molecule has 3 nitrogen and oxygen atoms in total. The van der Waals surface area contributed by atoms with Crippen LogP contribution in [0.4, 0.5) is 4.39 Å². The Kier molecular flexibility index (Phi) is 5.57. The molecular weight excluding hydrogens is 382 g/mol. The number of nitrogens with one attached hydrogen (secondary N) is 1. The van der Waals surface area contributed by atoms with Crippen molar-refractivity contribution in [3.63, 3.8) is 0 Å². The van der Waals surface area contributed by atoms with Crippen LogP contribution in [0.2, 0.25) is 10.0 Å². The van der Waals surface area contributed by atoms with E-state index in [9.17, 15) is 9.18 Å². The fourth-order valence-corrected chi connectivity index (χ4v) is 4.02. The molecule has 0 aliphatic rings. The Morgan fingerprint density at radius 2 is 2.04 bits per heavy atom. The zero-order valence-corrected chi connectivity index (χ0v) is 15.7. The average molecular weight is 397 g/mol. The maximum Gasteiger partial charge on any atom is 0.220 e. The second kappa shape index (κ2) is 7.68. The Hall–Kier alpha value is -1.69. The number of hydrogen-bond acceptors (Lipinski definition) is 3. The van der Waals surface area contributed by atoms with Gasteiger partial charge in [-0.1, -0.05) is 35.3 Å². The second-order valence-electron chi connectivity index (χ2n) is 5.65. The molecule has 0 bridgehead atoms. The van der Waals surface area contributed by atoms with Crippen LogP contribution in [0.15, 0.2) is 36.4 Å². The van der Waals surface area contributed by atoms with Crippen LogP contribution < -0.4 is 5.32 Å². The number of fused-ring (bicyclic) bond motifs is 1. The smallest absolute Gasteiger partial charge is 0.220 e. The summed E-state index contributed by atoms with van der Waals surface area (Å²) in [6, 6.07) is 10.1. The van der Waals surface area contributed by atoms with Gasteiger partial charge in [-0.25, -0.2) is 9.37 Å². The Bertz CT molecular complexity index is 896. The molecule has 3 rings (SSSR count). The van der Waals surface area contributed by atoms with Crippen molar-refractivity contribution in [1.29, 1.82) is 0 Å². The molecule has 0 fully saturated rings. The average Bonchev–Trinajstić information content (AvgIpc) is 2.99. The number of aromatic nitrogens is 1. The first kappa shape index (κ1) is 18.1. The lowest BCUT2D eigenvalue weighted by atomic mass is 10.1. The quantitative estimate of drug-likeness (QED) is 0.574. The molecule has 2 aromatic carbocycles. The lowest BCUT2D eigenvalue weighted by Gasteiger charge is -2.16. The molecular formula is C18H15Cl2FN2OS. The summed E-state index contributed by atoms with van der Waals surface area (Å²) >= 11 is 13.4. The molecule has 0 aliphatic heterocycles. The third-order valence-electron chi connectivity index (χ3n) is 3.79. The number of halogens is 3. The first-order valence-electron chi connectivity index (χ1n) is 7.72. The molecule has 0 saturated carbocycles. The predicted octanol–water partition coefficient (Wildman–Crippen LogP) is 5.55. The van der Waals surface area contributed by atoms with Gasteiger partial charge in [0, 0.05) is 17.9 Å². The topological polar surface area (TPSA) is 42.0 Å². The van der Waals surface area contributed by atoms with Gasteiger partial charge in [-0.2, -0.15) is 0 Å². The number of thiazole rings is 1. The van der Waals surface area contributed by atoms with Crippen molar-refractivity contribution in [3.8, 4) is 0 Å². The number of carbonyl (C=O) groups excluding carboxylic acids is 1. The van der Waals surface area contributed by atoms with Crippen LogP contribution in [0.3, 0.4) is 0 Å². The highest BCUT2D eigenvalue weighted by Crippen LogP contribution is 2.29. The zero-order chi connectivity index (χ0) is 18.0. The Morgan fingerprint density at radius 1 is 1.28 bits per heavy atom. The second-order valence-corrected chi connectivity index (χ2v) is 7.58. The van der Waals surface area contributed by atoms with E-state index in [-0.39, 0.29) is 10.9 Å². The van der Waals surface area contributed by atoms with Crippen molar-refractivity contribution in [1.82, 2.24) is 10.3 Å². The number of hydrogen-bond donors (Lipinski definition) is 1. The van der Waals surface area contributed by atoms with E-state index in [1.807, 2.05) is 24.3 Å². The van der Waals surface area contributed by atoms with Gasteiger partial charge in [-0.05, 0) is 36.8 Å². The molecule has 1 aromatic heterocycles. The Balaban J connectivity index is 1.61. The zero-order valence-electron chi connectivity index (χ0n) is 13.4. The van der Waals surface area contributed by atoms with E-state index in [2.05, 4.69) is 10.3 Å². The molecule has 3 aromatic rings. The van der Waals surface area contributed by atoms with Crippen LogP contribution in [0.25, 0.3) is 10.2 Å². The number of rotatable bonds is 5. The van der Waals surface area contributed by atoms with Crippen LogP contribution in [0, 0.1) is 5.82 Å². The van der Waals surface area contributed by atoms with Gasteiger partial charge in [0.2, 0.25) is 5.91 Å².